The van der Waals surface area contributed by atoms with Crippen molar-refractivity contribution < 1.29 is 19.0 Å². The van der Waals surface area contributed by atoms with E-state index < -0.39 is 11.0 Å². The molecule has 0 spiro atoms. The van der Waals surface area contributed by atoms with Crippen LogP contribution in [0.1, 0.15) is 48.9 Å². The van der Waals surface area contributed by atoms with Gasteiger partial charge in [0, 0.05) is 18.0 Å². The molecular formula is C25H30FNO3S. The lowest BCUT2D eigenvalue weighted by molar-refractivity contribution is -0.159. The third-order valence-corrected chi connectivity index (χ3v) is 6.37. The van der Waals surface area contributed by atoms with Gasteiger partial charge >= 0.3 is 5.97 Å². The molecule has 1 saturated heterocycles. The maximum Gasteiger partial charge on any atom is 0.313 e. The van der Waals surface area contributed by atoms with Gasteiger partial charge in [-0.1, -0.05) is 30.0 Å². The summed E-state index contributed by atoms with van der Waals surface area (Å²) in [5.41, 5.74) is -1.22. The van der Waals surface area contributed by atoms with Crippen LogP contribution in [0.25, 0.3) is 0 Å². The Balaban J connectivity index is 1.77. The Labute approximate surface area is 188 Å². The van der Waals surface area contributed by atoms with Gasteiger partial charge in [-0.2, -0.15) is 0 Å². The monoisotopic (exact) mass is 443 g/mol. The molecule has 166 valence electrons. The number of nitrogens with zero attached hydrogens (tertiary/aromatic N) is 1. The molecule has 0 aliphatic carbocycles. The van der Waals surface area contributed by atoms with Crippen LogP contribution in [0.5, 0.6) is 0 Å². The molecular weight excluding hydrogens is 413 g/mol. The van der Waals surface area contributed by atoms with Gasteiger partial charge in [-0.3, -0.25) is 9.69 Å². The number of thiophene rings is 1. The normalized spacial score (nSPS) is 19.5. The Morgan fingerprint density at radius 1 is 1.32 bits per heavy atom. The number of esters is 1. The number of rotatable bonds is 6. The van der Waals surface area contributed by atoms with Crippen LogP contribution in [-0.4, -0.2) is 41.3 Å². The van der Waals surface area contributed by atoms with Gasteiger partial charge in [0.1, 0.15) is 11.4 Å². The highest BCUT2D eigenvalue weighted by Gasteiger charge is 2.44. The topological polar surface area (TPSA) is 49.8 Å². The Hall–Kier alpha value is -2.20. The fourth-order valence-electron chi connectivity index (χ4n) is 4.00. The number of halogens is 1. The molecule has 1 aromatic heterocycles. The van der Waals surface area contributed by atoms with Gasteiger partial charge in [-0.25, -0.2) is 4.39 Å². The highest BCUT2D eigenvalue weighted by atomic mass is 32.1. The number of carbonyl (C=O) groups excluding carboxylic acids is 1. The minimum absolute atomic E-state index is 0.245. The van der Waals surface area contributed by atoms with Crippen molar-refractivity contribution >= 4 is 17.3 Å². The van der Waals surface area contributed by atoms with E-state index in [1.165, 1.54) is 6.07 Å². The van der Waals surface area contributed by atoms with Crippen molar-refractivity contribution in [3.05, 3.63) is 57.5 Å². The third kappa shape index (κ3) is 6.39. The summed E-state index contributed by atoms with van der Waals surface area (Å²) >= 11 is 1.59. The number of hydrogen-bond donors (Lipinski definition) is 1. The summed E-state index contributed by atoms with van der Waals surface area (Å²) in [6.07, 6.45) is 1.87. The Bertz CT molecular complexity index is 969. The Morgan fingerprint density at radius 2 is 2.10 bits per heavy atom. The predicted molar refractivity (Wildman–Crippen MR) is 121 cm³/mol. The number of ether oxygens (including phenoxy) is 1. The van der Waals surface area contributed by atoms with Gasteiger partial charge in [-0.15, -0.1) is 11.3 Å². The average molecular weight is 444 g/mol. The Morgan fingerprint density at radius 3 is 2.81 bits per heavy atom. The van der Waals surface area contributed by atoms with E-state index in [9.17, 15) is 14.3 Å². The highest BCUT2D eigenvalue weighted by molar-refractivity contribution is 7.12. The minimum Gasteiger partial charge on any atom is -0.466 e. The summed E-state index contributed by atoms with van der Waals surface area (Å²) in [6.45, 7) is 7.54. The van der Waals surface area contributed by atoms with Gasteiger partial charge in [0.2, 0.25) is 0 Å². The molecule has 1 aliphatic heterocycles. The summed E-state index contributed by atoms with van der Waals surface area (Å²) in [5.74, 6) is 5.33. The van der Waals surface area contributed by atoms with Gasteiger partial charge < -0.3 is 9.84 Å². The van der Waals surface area contributed by atoms with Crippen LogP contribution in [0.2, 0.25) is 0 Å². The van der Waals surface area contributed by atoms with E-state index in [0.717, 1.165) is 22.7 Å². The fourth-order valence-corrected chi connectivity index (χ4v) is 4.90. The molecule has 1 N–H and O–H groups in total. The number of likely N-dealkylation sites (tertiary alicyclic amines) is 1. The van der Waals surface area contributed by atoms with Crippen LogP contribution in [0.15, 0.2) is 36.4 Å². The first-order valence-corrected chi connectivity index (χ1v) is 11.5. The molecule has 6 heteroatoms. The van der Waals surface area contributed by atoms with Crippen LogP contribution in [0.3, 0.4) is 0 Å². The lowest BCUT2D eigenvalue weighted by Gasteiger charge is -2.41. The molecule has 31 heavy (non-hydrogen) atoms. The van der Waals surface area contributed by atoms with Gasteiger partial charge in [0.15, 0.2) is 0 Å². The van der Waals surface area contributed by atoms with Crippen LogP contribution in [-0.2, 0) is 22.5 Å². The van der Waals surface area contributed by atoms with Crippen LogP contribution >= 0.6 is 11.3 Å². The van der Waals surface area contributed by atoms with Crippen molar-refractivity contribution in [1.82, 2.24) is 4.90 Å². The zero-order chi connectivity index (χ0) is 22.5. The number of benzene rings is 1. The van der Waals surface area contributed by atoms with E-state index in [4.69, 9.17) is 4.74 Å². The van der Waals surface area contributed by atoms with Crippen molar-refractivity contribution in [2.24, 2.45) is 5.41 Å². The molecule has 4 nitrogen and oxygen atoms in total. The van der Waals surface area contributed by atoms with Crippen molar-refractivity contribution in [2.75, 3.05) is 19.7 Å². The smallest absolute Gasteiger partial charge is 0.313 e. The molecule has 2 aromatic rings. The standard InChI is InChI=1S/C25H30FNO3S/c1-4-30-23(28)25(16-19-8-5-6-9-22(19)26)13-7-15-27(18-25)17-21-11-10-20(31-21)12-14-24(2,3)29/h5-6,8-11,29H,4,7,13,15-18H2,1-3H3/t25-/m0/s1. The molecule has 0 amide bonds. The minimum atomic E-state index is -1.02. The second kappa shape index (κ2) is 9.95. The summed E-state index contributed by atoms with van der Waals surface area (Å²) in [7, 11) is 0. The average Bonchev–Trinajstić information content (AvgIpc) is 3.15. The van der Waals surface area contributed by atoms with E-state index in [-0.39, 0.29) is 11.8 Å². The molecule has 3 rings (SSSR count). The first kappa shape index (κ1) is 23.5. The largest absolute Gasteiger partial charge is 0.466 e. The molecule has 2 heterocycles. The number of piperidine rings is 1. The second-order valence-corrected chi connectivity index (χ2v) is 9.83. The quantitative estimate of drug-likeness (QED) is 0.531. The number of hydrogen-bond acceptors (Lipinski definition) is 5. The Kier molecular flexibility index (Phi) is 7.53. The molecule has 0 saturated carbocycles. The first-order chi connectivity index (χ1) is 14.7. The zero-order valence-electron chi connectivity index (χ0n) is 18.4. The van der Waals surface area contributed by atoms with Gasteiger partial charge in [0.25, 0.3) is 0 Å². The van der Waals surface area contributed by atoms with Gasteiger partial charge in [-0.05, 0) is 70.3 Å². The van der Waals surface area contributed by atoms with Crippen molar-refractivity contribution in [2.45, 2.75) is 52.2 Å². The number of carbonyl (C=O) groups is 1. The SMILES string of the molecule is CCOC(=O)[C@]1(Cc2ccccc2F)CCCN(Cc2ccc(C#CC(C)(C)O)s2)C1. The van der Waals surface area contributed by atoms with Crippen molar-refractivity contribution in [3.8, 4) is 11.8 Å². The predicted octanol–water partition coefficient (Wildman–Crippen LogP) is 4.40. The highest BCUT2D eigenvalue weighted by Crippen LogP contribution is 2.37. The number of aliphatic hydroxyl groups is 1. The van der Waals surface area contributed by atoms with Crippen LogP contribution < -0.4 is 0 Å². The molecule has 0 unspecified atom stereocenters. The summed E-state index contributed by atoms with van der Waals surface area (Å²) in [5, 5.41) is 9.79. The lowest BCUT2D eigenvalue weighted by atomic mass is 9.75. The van der Waals surface area contributed by atoms with Crippen molar-refractivity contribution in [3.63, 3.8) is 0 Å². The molecule has 1 atom stereocenters. The van der Waals surface area contributed by atoms with E-state index in [0.29, 0.717) is 38.1 Å². The maximum absolute atomic E-state index is 14.4. The molecule has 1 fully saturated rings. The summed E-state index contributed by atoms with van der Waals surface area (Å²) in [4.78, 5) is 17.3. The van der Waals surface area contributed by atoms with Gasteiger partial charge in [0.05, 0.1) is 16.9 Å². The summed E-state index contributed by atoms with van der Waals surface area (Å²) in [6, 6.07) is 10.7. The fraction of sp³-hybridized carbons (Fsp3) is 0.480. The molecule has 1 aliphatic rings. The molecule has 0 bridgehead atoms. The second-order valence-electron chi connectivity index (χ2n) is 8.66. The summed E-state index contributed by atoms with van der Waals surface area (Å²) < 4.78 is 19.8. The zero-order valence-corrected chi connectivity index (χ0v) is 19.2. The first-order valence-electron chi connectivity index (χ1n) is 10.7. The van der Waals surface area contributed by atoms with E-state index >= 15 is 0 Å². The van der Waals surface area contributed by atoms with Crippen LogP contribution in [0.4, 0.5) is 4.39 Å². The lowest BCUT2D eigenvalue weighted by Crippen LogP contribution is -2.49. The third-order valence-electron chi connectivity index (χ3n) is 5.38. The van der Waals surface area contributed by atoms with E-state index in [1.807, 2.05) is 12.1 Å². The molecule has 1 aromatic carbocycles. The molecule has 0 radical (unpaired) electrons. The van der Waals surface area contributed by atoms with E-state index in [1.54, 1.807) is 50.3 Å². The van der Waals surface area contributed by atoms with Crippen molar-refractivity contribution in [1.29, 1.82) is 0 Å². The maximum atomic E-state index is 14.4. The van der Waals surface area contributed by atoms with Crippen LogP contribution in [0, 0.1) is 23.1 Å². The van der Waals surface area contributed by atoms with E-state index in [2.05, 4.69) is 16.7 Å².